The molecule has 0 fully saturated rings. The van der Waals surface area contributed by atoms with E-state index in [0.29, 0.717) is 0 Å². The third-order valence-electron chi connectivity index (χ3n) is 3.21. The van der Waals surface area contributed by atoms with Crippen LogP contribution in [0.2, 0.25) is 0 Å². The lowest BCUT2D eigenvalue weighted by atomic mass is 9.99. The predicted molar refractivity (Wildman–Crippen MR) is 68.1 cm³/mol. The van der Waals surface area contributed by atoms with Gasteiger partial charge in [-0.1, -0.05) is 33.1 Å². The molecular weight excluding hydrogens is 198 g/mol. The molecule has 0 aliphatic carbocycles. The molecule has 0 spiro atoms. The maximum Gasteiger partial charge on any atom is 0.0948 e. The van der Waals surface area contributed by atoms with Crippen molar-refractivity contribution >= 4 is 0 Å². The highest BCUT2D eigenvalue weighted by Crippen LogP contribution is 2.18. The zero-order chi connectivity index (χ0) is 12.0. The van der Waals surface area contributed by atoms with Crippen LogP contribution in [0.25, 0.3) is 0 Å². The summed E-state index contributed by atoms with van der Waals surface area (Å²) >= 11 is 0. The molecule has 3 nitrogen and oxygen atoms in total. The van der Waals surface area contributed by atoms with Crippen molar-refractivity contribution in [2.45, 2.75) is 59.0 Å². The molecule has 0 aliphatic heterocycles. The number of unbranched alkanes of at least 4 members (excludes halogenated alkanes) is 1. The van der Waals surface area contributed by atoms with Gasteiger partial charge in [-0.3, -0.25) is 0 Å². The highest BCUT2D eigenvalue weighted by Gasteiger charge is 2.11. The SMILES string of the molecule is CCCCC(CC)Cn1cncc1[C@H](C)N. The van der Waals surface area contributed by atoms with Crippen LogP contribution in [0.5, 0.6) is 0 Å². The molecule has 0 aromatic carbocycles. The van der Waals surface area contributed by atoms with Gasteiger partial charge in [0.15, 0.2) is 0 Å². The first kappa shape index (κ1) is 13.2. The van der Waals surface area contributed by atoms with Crippen molar-refractivity contribution in [1.29, 1.82) is 0 Å². The van der Waals surface area contributed by atoms with E-state index in [4.69, 9.17) is 5.73 Å². The van der Waals surface area contributed by atoms with Gasteiger partial charge in [0.2, 0.25) is 0 Å². The zero-order valence-corrected chi connectivity index (χ0v) is 10.8. The molecule has 3 heteroatoms. The van der Waals surface area contributed by atoms with E-state index in [2.05, 4.69) is 23.4 Å². The van der Waals surface area contributed by atoms with Crippen LogP contribution in [0.15, 0.2) is 12.5 Å². The van der Waals surface area contributed by atoms with Gasteiger partial charge in [0.25, 0.3) is 0 Å². The van der Waals surface area contributed by atoms with Crippen LogP contribution in [-0.4, -0.2) is 9.55 Å². The molecule has 1 rings (SSSR count). The molecular formula is C13H25N3. The van der Waals surface area contributed by atoms with E-state index in [1.165, 1.54) is 25.7 Å². The van der Waals surface area contributed by atoms with Crippen molar-refractivity contribution in [3.63, 3.8) is 0 Å². The lowest BCUT2D eigenvalue weighted by Gasteiger charge is -2.18. The van der Waals surface area contributed by atoms with Gasteiger partial charge >= 0.3 is 0 Å². The van der Waals surface area contributed by atoms with Gasteiger partial charge in [0, 0.05) is 18.8 Å². The van der Waals surface area contributed by atoms with Gasteiger partial charge in [-0.25, -0.2) is 4.98 Å². The quantitative estimate of drug-likeness (QED) is 0.772. The normalized spacial score (nSPS) is 15.0. The van der Waals surface area contributed by atoms with Crippen LogP contribution in [0.3, 0.4) is 0 Å². The van der Waals surface area contributed by atoms with Crippen molar-refractivity contribution in [1.82, 2.24) is 9.55 Å². The van der Waals surface area contributed by atoms with Gasteiger partial charge in [0.05, 0.1) is 12.0 Å². The summed E-state index contributed by atoms with van der Waals surface area (Å²) in [5.74, 6) is 0.756. The Labute approximate surface area is 99.1 Å². The fourth-order valence-electron chi connectivity index (χ4n) is 2.06. The minimum atomic E-state index is 0.0752. The van der Waals surface area contributed by atoms with E-state index in [0.717, 1.165) is 18.2 Å². The van der Waals surface area contributed by atoms with Gasteiger partial charge in [0.1, 0.15) is 0 Å². The maximum atomic E-state index is 5.92. The molecule has 0 bridgehead atoms. The number of imidazole rings is 1. The fourth-order valence-corrected chi connectivity index (χ4v) is 2.06. The van der Waals surface area contributed by atoms with Crippen LogP contribution < -0.4 is 5.73 Å². The average molecular weight is 223 g/mol. The Bertz CT molecular complexity index is 291. The first-order chi connectivity index (χ1) is 7.69. The number of nitrogens with zero attached hydrogens (tertiary/aromatic N) is 2. The Morgan fingerprint density at radius 1 is 1.44 bits per heavy atom. The lowest BCUT2D eigenvalue weighted by Crippen LogP contribution is -2.16. The highest BCUT2D eigenvalue weighted by molar-refractivity contribution is 5.03. The van der Waals surface area contributed by atoms with E-state index in [1.54, 1.807) is 0 Å². The second kappa shape index (κ2) is 6.69. The monoisotopic (exact) mass is 223 g/mol. The topological polar surface area (TPSA) is 43.8 Å². The standard InChI is InChI=1S/C13H25N3/c1-4-6-7-12(5-2)9-16-10-15-8-13(16)11(3)14/h8,10-12H,4-7,9,14H2,1-3H3/t11-,12?/m0/s1. The zero-order valence-electron chi connectivity index (χ0n) is 10.8. The van der Waals surface area contributed by atoms with E-state index in [1.807, 2.05) is 19.4 Å². The van der Waals surface area contributed by atoms with E-state index in [9.17, 15) is 0 Å². The first-order valence-corrected chi connectivity index (χ1v) is 6.44. The molecule has 0 amide bonds. The van der Waals surface area contributed by atoms with Crippen molar-refractivity contribution in [2.24, 2.45) is 11.7 Å². The summed E-state index contributed by atoms with van der Waals surface area (Å²) in [6.07, 6.45) is 8.94. The lowest BCUT2D eigenvalue weighted by molar-refractivity contribution is 0.382. The molecule has 16 heavy (non-hydrogen) atoms. The molecule has 1 unspecified atom stereocenters. The Morgan fingerprint density at radius 2 is 2.19 bits per heavy atom. The minimum Gasteiger partial charge on any atom is -0.333 e. The summed E-state index contributed by atoms with van der Waals surface area (Å²) in [6.45, 7) is 7.59. The van der Waals surface area contributed by atoms with Crippen molar-refractivity contribution < 1.29 is 0 Å². The molecule has 1 heterocycles. The van der Waals surface area contributed by atoms with Crippen LogP contribution in [0, 0.1) is 5.92 Å². The minimum absolute atomic E-state index is 0.0752. The summed E-state index contributed by atoms with van der Waals surface area (Å²) in [6, 6.07) is 0.0752. The number of hydrogen-bond acceptors (Lipinski definition) is 2. The third-order valence-corrected chi connectivity index (χ3v) is 3.21. The molecule has 1 aromatic rings. The largest absolute Gasteiger partial charge is 0.333 e. The molecule has 2 N–H and O–H groups in total. The molecule has 0 saturated carbocycles. The van der Waals surface area contributed by atoms with Crippen LogP contribution >= 0.6 is 0 Å². The second-order valence-electron chi connectivity index (χ2n) is 4.68. The van der Waals surface area contributed by atoms with Gasteiger partial charge in [-0.2, -0.15) is 0 Å². The first-order valence-electron chi connectivity index (χ1n) is 6.44. The van der Waals surface area contributed by atoms with Crippen molar-refractivity contribution in [3.05, 3.63) is 18.2 Å². The molecule has 2 atom stereocenters. The van der Waals surface area contributed by atoms with Crippen LogP contribution in [-0.2, 0) is 6.54 Å². The van der Waals surface area contributed by atoms with E-state index in [-0.39, 0.29) is 6.04 Å². The summed E-state index contributed by atoms with van der Waals surface area (Å²) in [5.41, 5.74) is 7.06. The smallest absolute Gasteiger partial charge is 0.0948 e. The molecule has 1 aromatic heterocycles. The molecule has 0 saturated heterocycles. The predicted octanol–water partition coefficient (Wildman–Crippen LogP) is 3.12. The van der Waals surface area contributed by atoms with Gasteiger partial charge in [-0.15, -0.1) is 0 Å². The van der Waals surface area contributed by atoms with Crippen molar-refractivity contribution in [2.75, 3.05) is 0 Å². The van der Waals surface area contributed by atoms with Crippen LogP contribution in [0.4, 0.5) is 0 Å². The Morgan fingerprint density at radius 3 is 2.75 bits per heavy atom. The average Bonchev–Trinajstić information content (AvgIpc) is 2.72. The second-order valence-corrected chi connectivity index (χ2v) is 4.68. The molecule has 0 aliphatic rings. The number of hydrogen-bond donors (Lipinski definition) is 1. The highest BCUT2D eigenvalue weighted by atomic mass is 15.1. The number of nitrogens with two attached hydrogens (primary N) is 1. The fraction of sp³-hybridized carbons (Fsp3) is 0.769. The summed E-state index contributed by atoms with van der Waals surface area (Å²) in [5, 5.41) is 0. The summed E-state index contributed by atoms with van der Waals surface area (Å²) < 4.78 is 2.22. The van der Waals surface area contributed by atoms with Crippen molar-refractivity contribution in [3.8, 4) is 0 Å². The molecule has 0 radical (unpaired) electrons. The van der Waals surface area contributed by atoms with E-state index >= 15 is 0 Å². The van der Waals surface area contributed by atoms with E-state index < -0.39 is 0 Å². The van der Waals surface area contributed by atoms with Gasteiger partial charge < -0.3 is 10.3 Å². The maximum absolute atomic E-state index is 5.92. The Hall–Kier alpha value is -0.830. The van der Waals surface area contributed by atoms with Gasteiger partial charge in [-0.05, 0) is 19.3 Å². The summed E-state index contributed by atoms with van der Waals surface area (Å²) in [4.78, 5) is 4.19. The number of aromatic nitrogens is 2. The number of rotatable bonds is 7. The van der Waals surface area contributed by atoms with Crippen LogP contribution in [0.1, 0.15) is 58.2 Å². The summed E-state index contributed by atoms with van der Waals surface area (Å²) in [7, 11) is 0. The Kier molecular flexibility index (Phi) is 5.53. The third kappa shape index (κ3) is 3.63. The molecule has 92 valence electrons. The Balaban J connectivity index is 2.59.